The average Bonchev–Trinajstić information content (AvgIpc) is 3.77. The predicted octanol–water partition coefficient (Wildman–Crippen LogP) is 7.34. The van der Waals surface area contributed by atoms with Gasteiger partial charge in [0.05, 0.1) is 32.4 Å². The van der Waals surface area contributed by atoms with Crippen LogP contribution in [-0.2, 0) is 19.2 Å². The molecule has 1 saturated heterocycles. The minimum Gasteiger partial charge on any atom is -0.486 e. The molecule has 6 amide bonds. The second kappa shape index (κ2) is 21.5. The number of nitrogens with one attached hydrogen (secondary N) is 4. The normalized spacial score (nSPS) is 15.7. The third kappa shape index (κ3) is 11.9. The second-order valence-corrected chi connectivity index (χ2v) is 17.7. The summed E-state index contributed by atoms with van der Waals surface area (Å²) in [6.07, 6.45) is 12.3. The van der Waals surface area contributed by atoms with Crippen molar-refractivity contribution < 1.29 is 33.5 Å². The number of anilines is 1. The van der Waals surface area contributed by atoms with E-state index >= 15 is 0 Å². The van der Waals surface area contributed by atoms with Crippen LogP contribution in [0.15, 0.2) is 72.1 Å². The summed E-state index contributed by atoms with van der Waals surface area (Å²) in [5, 5.41) is 17.0. The van der Waals surface area contributed by atoms with Crippen LogP contribution in [0.1, 0.15) is 111 Å². The lowest BCUT2D eigenvalue weighted by molar-refractivity contribution is -0.128. The molecule has 2 aliphatic heterocycles. The molecular formula is C47H53Cl2N9O7. The molecule has 1 fully saturated rings. The Morgan fingerprint density at radius 1 is 1.03 bits per heavy atom. The fourth-order valence-corrected chi connectivity index (χ4v) is 8.71. The van der Waals surface area contributed by atoms with E-state index in [0.29, 0.717) is 65.4 Å². The SMILES string of the molecule is C\C=C/C(=N\C=C\c1n[nH]c2ccc(O[C@H](C)c3c(Cl)cncc3Cl)cc12)NC(=O)CC(C)(C)CNC(=O)CC1CCN(c2ccc3c(c2)C(=O)N(C(CCC)C(=O)NC=O)C3=O)CC1. The number of hydrogen-bond donors (Lipinski definition) is 4. The van der Waals surface area contributed by atoms with Crippen molar-refractivity contribution in [2.24, 2.45) is 16.3 Å². The summed E-state index contributed by atoms with van der Waals surface area (Å²) in [4.78, 5) is 88.0. The third-order valence-corrected chi connectivity index (χ3v) is 12.0. The Hall–Kier alpha value is -6.39. The van der Waals surface area contributed by atoms with Crippen molar-refractivity contribution in [3.63, 3.8) is 0 Å². The van der Waals surface area contributed by atoms with Crippen LogP contribution in [0, 0.1) is 11.3 Å². The van der Waals surface area contributed by atoms with Crippen molar-refractivity contribution in [2.45, 2.75) is 85.3 Å². The highest BCUT2D eigenvalue weighted by Crippen LogP contribution is 2.35. The van der Waals surface area contributed by atoms with E-state index in [1.807, 2.05) is 52.8 Å². The van der Waals surface area contributed by atoms with Crippen molar-refractivity contribution in [1.29, 1.82) is 0 Å². The van der Waals surface area contributed by atoms with Crippen LogP contribution in [0.2, 0.25) is 10.0 Å². The highest BCUT2D eigenvalue weighted by atomic mass is 35.5. The van der Waals surface area contributed by atoms with Gasteiger partial charge in [-0.25, -0.2) is 4.99 Å². The molecule has 16 nitrogen and oxygen atoms in total. The quantitative estimate of drug-likeness (QED) is 0.0338. The number of nitrogens with zero attached hydrogens (tertiary/aromatic N) is 5. The average molecular weight is 927 g/mol. The van der Waals surface area contributed by atoms with Gasteiger partial charge in [-0.3, -0.25) is 49.1 Å². The van der Waals surface area contributed by atoms with Crippen molar-refractivity contribution in [3.8, 4) is 5.75 Å². The Balaban J connectivity index is 0.968. The van der Waals surface area contributed by atoms with E-state index in [-0.39, 0.29) is 48.1 Å². The van der Waals surface area contributed by atoms with Crippen LogP contribution in [0.5, 0.6) is 5.75 Å². The van der Waals surface area contributed by atoms with E-state index in [9.17, 15) is 28.8 Å². The number of aromatic amines is 1. The maximum atomic E-state index is 13.4. The second-order valence-electron chi connectivity index (χ2n) is 16.9. The zero-order chi connectivity index (χ0) is 46.8. The fraction of sp³-hybridized carbons (Fsp3) is 0.383. The standard InChI is InChI=1S/C47H53Cl2N9O7/c1-6-8-39(44(62)53-27-59)58-45(63)32-12-10-30(21-33(32)46(58)64)57-18-15-29(16-19-57)20-41(60)52-26-47(4,5)23-42(61)54-40(9-7-2)51-17-14-38-34-22-31(11-13-37(34)55-56-38)65-28(3)43-35(48)24-50-25-36(43)49/h7,9-14,17,21-22,24-25,27-29,39H,6,8,15-16,18-20,23,26H2,1-5H3,(H,52,60)(H,55,56)(H,51,54,61)(H,53,59,62)/b9-7-,17-14+/t28-,39?/m1/s1. The molecule has 1 unspecified atom stereocenters. The first-order valence-electron chi connectivity index (χ1n) is 21.5. The van der Waals surface area contributed by atoms with Gasteiger partial charge >= 0.3 is 0 Å². The molecular weight excluding hydrogens is 873 g/mol. The maximum Gasteiger partial charge on any atom is 0.262 e. The first-order valence-corrected chi connectivity index (χ1v) is 22.3. The molecule has 0 saturated carbocycles. The number of benzene rings is 2. The highest BCUT2D eigenvalue weighted by Gasteiger charge is 2.43. The molecule has 4 heterocycles. The first kappa shape index (κ1) is 48.1. The number of fused-ring (bicyclic) bond motifs is 2. The molecule has 0 bridgehead atoms. The zero-order valence-electron chi connectivity index (χ0n) is 37.0. The van der Waals surface area contributed by atoms with Crippen LogP contribution in [0.4, 0.5) is 5.69 Å². The van der Waals surface area contributed by atoms with Crippen LogP contribution in [0.25, 0.3) is 17.0 Å². The van der Waals surface area contributed by atoms with Crippen molar-refractivity contribution in [1.82, 2.24) is 36.0 Å². The number of pyridine rings is 1. The number of carbonyl (C=O) groups is 6. The summed E-state index contributed by atoms with van der Waals surface area (Å²) in [6.45, 7) is 10.9. The first-order chi connectivity index (χ1) is 31.1. The number of ether oxygens (including phenoxy) is 1. The van der Waals surface area contributed by atoms with Gasteiger partial charge in [0.15, 0.2) is 0 Å². The van der Waals surface area contributed by atoms with Crippen molar-refractivity contribution in [2.75, 3.05) is 24.5 Å². The summed E-state index contributed by atoms with van der Waals surface area (Å²) in [7, 11) is 0. The van der Waals surface area contributed by atoms with Gasteiger partial charge in [-0.1, -0.05) is 56.5 Å². The fourth-order valence-electron chi connectivity index (χ4n) is 8.03. The van der Waals surface area contributed by atoms with Gasteiger partial charge in [0.25, 0.3) is 11.8 Å². The molecule has 4 N–H and O–H groups in total. The molecule has 0 aliphatic carbocycles. The van der Waals surface area contributed by atoms with Crippen LogP contribution < -0.4 is 25.6 Å². The number of piperidine rings is 1. The molecule has 6 rings (SSSR count). The summed E-state index contributed by atoms with van der Waals surface area (Å²) in [6, 6.07) is 9.53. The maximum absolute atomic E-state index is 13.4. The number of amidine groups is 1. The Bertz CT molecular complexity index is 2530. The van der Waals surface area contributed by atoms with Crippen LogP contribution in [0.3, 0.4) is 0 Å². The van der Waals surface area contributed by atoms with Gasteiger partial charge in [-0.15, -0.1) is 0 Å². The third-order valence-electron chi connectivity index (χ3n) is 11.3. The molecule has 2 aromatic carbocycles. The number of amides is 6. The van der Waals surface area contributed by atoms with E-state index in [1.54, 1.807) is 42.6 Å². The van der Waals surface area contributed by atoms with Gasteiger partial charge in [0, 0.05) is 67.7 Å². The minimum absolute atomic E-state index is 0.0955. The van der Waals surface area contributed by atoms with Gasteiger partial charge < -0.3 is 20.3 Å². The van der Waals surface area contributed by atoms with Gasteiger partial charge in [-0.05, 0) is 93.0 Å². The molecule has 2 aliphatic rings. The monoisotopic (exact) mass is 925 g/mol. The number of allylic oxidation sites excluding steroid dienone is 1. The van der Waals surface area contributed by atoms with Gasteiger partial charge in [0.1, 0.15) is 23.7 Å². The lowest BCUT2D eigenvalue weighted by Crippen LogP contribution is -2.49. The van der Waals surface area contributed by atoms with E-state index < -0.39 is 35.3 Å². The Kier molecular flexibility index (Phi) is 15.9. The Morgan fingerprint density at radius 3 is 2.45 bits per heavy atom. The molecule has 18 heteroatoms. The zero-order valence-corrected chi connectivity index (χ0v) is 38.5. The summed E-state index contributed by atoms with van der Waals surface area (Å²) < 4.78 is 6.17. The number of carbonyl (C=O) groups excluding carboxylic acids is 6. The van der Waals surface area contributed by atoms with E-state index in [0.717, 1.165) is 34.3 Å². The van der Waals surface area contributed by atoms with Crippen molar-refractivity contribution >= 4 is 87.6 Å². The highest BCUT2D eigenvalue weighted by molar-refractivity contribution is 6.35. The number of imide groups is 2. The van der Waals surface area contributed by atoms with E-state index in [1.165, 1.54) is 12.4 Å². The number of aromatic nitrogens is 3. The molecule has 65 heavy (non-hydrogen) atoms. The Labute approximate surface area is 387 Å². The number of hydrogen-bond acceptors (Lipinski definition) is 11. The summed E-state index contributed by atoms with van der Waals surface area (Å²) >= 11 is 12.7. The lowest BCUT2D eigenvalue weighted by Gasteiger charge is -2.33. The molecule has 2 atom stereocenters. The smallest absolute Gasteiger partial charge is 0.262 e. The number of halogens is 2. The molecule has 4 aromatic rings. The lowest BCUT2D eigenvalue weighted by atomic mass is 9.88. The molecule has 0 spiro atoms. The topological polar surface area (TPSA) is 208 Å². The molecule has 342 valence electrons. The van der Waals surface area contributed by atoms with E-state index in [4.69, 9.17) is 27.9 Å². The Morgan fingerprint density at radius 2 is 1.75 bits per heavy atom. The molecule has 2 aromatic heterocycles. The largest absolute Gasteiger partial charge is 0.486 e. The molecule has 0 radical (unpaired) electrons. The minimum atomic E-state index is -1.08. The summed E-state index contributed by atoms with van der Waals surface area (Å²) in [5.74, 6) is -1.11. The van der Waals surface area contributed by atoms with Crippen LogP contribution in [-0.4, -0.2) is 87.5 Å². The van der Waals surface area contributed by atoms with Gasteiger partial charge in [-0.2, -0.15) is 5.10 Å². The number of rotatable bonds is 18. The van der Waals surface area contributed by atoms with Gasteiger partial charge in [0.2, 0.25) is 24.1 Å². The predicted molar refractivity (Wildman–Crippen MR) is 250 cm³/mol. The van der Waals surface area contributed by atoms with Crippen molar-refractivity contribution in [3.05, 3.63) is 99.6 Å². The summed E-state index contributed by atoms with van der Waals surface area (Å²) in [5.41, 5.74) is 2.70. The number of H-pyrrole nitrogens is 1. The number of aliphatic imine (C=N–C) groups is 1. The van der Waals surface area contributed by atoms with E-state index in [2.05, 4.69) is 41.0 Å². The van der Waals surface area contributed by atoms with Crippen LogP contribution >= 0.6 is 23.2 Å².